The van der Waals surface area contributed by atoms with E-state index in [1.165, 1.54) is 19.3 Å². The summed E-state index contributed by atoms with van der Waals surface area (Å²) in [5.74, 6) is 1.42. The fraction of sp³-hybridized carbons (Fsp3) is 0.615. The van der Waals surface area contributed by atoms with Crippen LogP contribution in [0.4, 0.5) is 5.69 Å². The molecule has 0 radical (unpaired) electrons. The predicted octanol–water partition coefficient (Wildman–Crippen LogP) is 3.97. The molecule has 16 heavy (non-hydrogen) atoms. The van der Waals surface area contributed by atoms with Crippen LogP contribution in [0.3, 0.4) is 0 Å². The molecule has 0 aromatic carbocycles. The smallest absolute Gasteiger partial charge is 0.152 e. The number of rotatable bonds is 2. The van der Waals surface area contributed by atoms with Gasteiger partial charge >= 0.3 is 0 Å². The maximum Gasteiger partial charge on any atom is 0.152 e. The molecule has 2 atom stereocenters. The van der Waals surface area contributed by atoms with Crippen molar-refractivity contribution in [2.45, 2.75) is 39.2 Å². The van der Waals surface area contributed by atoms with Gasteiger partial charge in [0.1, 0.15) is 0 Å². The van der Waals surface area contributed by atoms with Crippen molar-refractivity contribution in [3.8, 4) is 0 Å². The van der Waals surface area contributed by atoms with Crippen molar-refractivity contribution in [2.24, 2.45) is 11.8 Å². The summed E-state index contributed by atoms with van der Waals surface area (Å²) >= 11 is 6.07. The number of nitrogens with zero attached hydrogens (tertiary/aromatic N) is 1. The van der Waals surface area contributed by atoms with Crippen molar-refractivity contribution in [1.29, 1.82) is 0 Å². The molecule has 0 amide bonds. The topological polar surface area (TPSA) is 24.9 Å². The Bertz CT molecular complexity index is 344. The maximum absolute atomic E-state index is 6.07. The minimum absolute atomic E-state index is 0.524. The third-order valence-electron chi connectivity index (χ3n) is 3.63. The minimum Gasteiger partial charge on any atom is -0.379 e. The molecular formula is C13H19ClN2. The molecule has 1 N–H and O–H groups in total. The maximum atomic E-state index is 6.07. The summed E-state index contributed by atoms with van der Waals surface area (Å²) in [6.07, 6.45) is 5.68. The first-order valence-electron chi connectivity index (χ1n) is 6.05. The van der Waals surface area contributed by atoms with Gasteiger partial charge in [0.25, 0.3) is 0 Å². The van der Waals surface area contributed by atoms with Crippen LogP contribution in [0.5, 0.6) is 0 Å². The van der Waals surface area contributed by atoms with Crippen molar-refractivity contribution in [3.63, 3.8) is 0 Å². The molecule has 2 nitrogen and oxygen atoms in total. The zero-order valence-electron chi connectivity index (χ0n) is 9.91. The van der Waals surface area contributed by atoms with Crippen molar-refractivity contribution in [1.82, 2.24) is 4.98 Å². The van der Waals surface area contributed by atoms with Crippen molar-refractivity contribution in [2.75, 3.05) is 5.32 Å². The Labute approximate surface area is 102 Å². The second-order valence-corrected chi connectivity index (χ2v) is 5.26. The van der Waals surface area contributed by atoms with E-state index < -0.39 is 0 Å². The lowest BCUT2D eigenvalue weighted by atomic mass is 9.78. The Hall–Kier alpha value is -0.760. The molecule has 1 aliphatic carbocycles. The zero-order valence-corrected chi connectivity index (χ0v) is 10.7. The first-order chi connectivity index (χ1) is 7.68. The first-order valence-corrected chi connectivity index (χ1v) is 6.43. The van der Waals surface area contributed by atoms with Crippen LogP contribution in [0.25, 0.3) is 0 Å². The molecule has 1 heterocycles. The van der Waals surface area contributed by atoms with Crippen LogP contribution in [0.15, 0.2) is 18.3 Å². The summed E-state index contributed by atoms with van der Waals surface area (Å²) in [5, 5.41) is 4.13. The Morgan fingerprint density at radius 2 is 2.00 bits per heavy atom. The summed E-state index contributed by atoms with van der Waals surface area (Å²) in [4.78, 5) is 4.10. The van der Waals surface area contributed by atoms with Crippen LogP contribution >= 0.6 is 11.6 Å². The number of halogens is 1. The SMILES string of the molecule is CC1CCCC(C)C1Nc1cccnc1Cl. The summed E-state index contributed by atoms with van der Waals surface area (Å²) in [5.41, 5.74) is 0.967. The average molecular weight is 239 g/mol. The summed E-state index contributed by atoms with van der Waals surface area (Å²) < 4.78 is 0. The Morgan fingerprint density at radius 1 is 1.31 bits per heavy atom. The molecule has 1 aromatic heterocycles. The molecule has 0 aliphatic heterocycles. The second-order valence-electron chi connectivity index (χ2n) is 4.90. The van der Waals surface area contributed by atoms with E-state index in [-0.39, 0.29) is 0 Å². The minimum atomic E-state index is 0.524. The molecule has 3 heteroatoms. The number of hydrogen-bond acceptors (Lipinski definition) is 2. The predicted molar refractivity (Wildman–Crippen MR) is 68.8 cm³/mol. The average Bonchev–Trinajstić information content (AvgIpc) is 2.26. The van der Waals surface area contributed by atoms with Gasteiger partial charge in [0.2, 0.25) is 0 Å². The van der Waals surface area contributed by atoms with E-state index in [1.54, 1.807) is 6.20 Å². The van der Waals surface area contributed by atoms with Crippen molar-refractivity contribution in [3.05, 3.63) is 23.5 Å². The molecule has 0 bridgehead atoms. The van der Waals surface area contributed by atoms with Gasteiger partial charge in [0.15, 0.2) is 5.15 Å². The molecular weight excluding hydrogens is 220 g/mol. The molecule has 0 saturated heterocycles. The van der Waals surface area contributed by atoms with Crippen LogP contribution in [-0.4, -0.2) is 11.0 Å². The molecule has 1 fully saturated rings. The van der Waals surface area contributed by atoms with E-state index in [0.717, 1.165) is 5.69 Å². The summed E-state index contributed by atoms with van der Waals surface area (Å²) in [6, 6.07) is 4.45. The van der Waals surface area contributed by atoms with Crippen LogP contribution in [0.1, 0.15) is 33.1 Å². The molecule has 1 saturated carbocycles. The first kappa shape index (κ1) is 11.7. The lowest BCUT2D eigenvalue weighted by molar-refractivity contribution is 0.268. The highest BCUT2D eigenvalue weighted by Gasteiger charge is 2.27. The normalized spacial score (nSPS) is 30.1. The summed E-state index contributed by atoms with van der Waals surface area (Å²) in [7, 11) is 0. The molecule has 88 valence electrons. The van der Waals surface area contributed by atoms with E-state index in [0.29, 0.717) is 23.0 Å². The standard InChI is InChI=1S/C13H19ClN2/c1-9-5-3-6-10(2)12(9)16-11-7-4-8-15-13(11)14/h4,7-10,12,16H,3,5-6H2,1-2H3. The largest absolute Gasteiger partial charge is 0.379 e. The van der Waals surface area contributed by atoms with E-state index in [1.807, 2.05) is 12.1 Å². The molecule has 2 unspecified atom stereocenters. The van der Waals surface area contributed by atoms with Gasteiger partial charge in [-0.05, 0) is 36.8 Å². The third kappa shape index (κ3) is 2.49. The van der Waals surface area contributed by atoms with Crippen LogP contribution in [-0.2, 0) is 0 Å². The van der Waals surface area contributed by atoms with Crippen molar-refractivity contribution < 1.29 is 0 Å². The van der Waals surface area contributed by atoms with Crippen LogP contribution in [0, 0.1) is 11.8 Å². The number of nitrogens with one attached hydrogen (secondary N) is 1. The zero-order chi connectivity index (χ0) is 11.5. The van der Waals surface area contributed by atoms with Crippen LogP contribution in [0.2, 0.25) is 5.15 Å². The number of anilines is 1. The van der Waals surface area contributed by atoms with E-state index in [4.69, 9.17) is 11.6 Å². The lowest BCUT2D eigenvalue weighted by Crippen LogP contribution is -2.37. The highest BCUT2D eigenvalue weighted by atomic mass is 35.5. The van der Waals surface area contributed by atoms with Gasteiger partial charge in [-0.1, -0.05) is 31.9 Å². The van der Waals surface area contributed by atoms with Gasteiger partial charge in [-0.3, -0.25) is 0 Å². The molecule has 0 spiro atoms. The van der Waals surface area contributed by atoms with Gasteiger partial charge in [-0.2, -0.15) is 0 Å². The highest BCUT2D eigenvalue weighted by molar-refractivity contribution is 6.31. The Kier molecular flexibility index (Phi) is 3.70. The van der Waals surface area contributed by atoms with Gasteiger partial charge < -0.3 is 5.32 Å². The number of hydrogen-bond donors (Lipinski definition) is 1. The fourth-order valence-corrected chi connectivity index (χ4v) is 2.81. The van der Waals surface area contributed by atoms with Gasteiger partial charge in [-0.15, -0.1) is 0 Å². The number of aromatic nitrogens is 1. The quantitative estimate of drug-likeness (QED) is 0.789. The van der Waals surface area contributed by atoms with E-state index in [9.17, 15) is 0 Å². The lowest BCUT2D eigenvalue weighted by Gasteiger charge is -2.35. The molecule has 1 aromatic rings. The highest BCUT2D eigenvalue weighted by Crippen LogP contribution is 2.32. The van der Waals surface area contributed by atoms with Crippen LogP contribution < -0.4 is 5.32 Å². The summed E-state index contributed by atoms with van der Waals surface area (Å²) in [6.45, 7) is 4.63. The monoisotopic (exact) mass is 238 g/mol. The number of pyridine rings is 1. The van der Waals surface area contributed by atoms with Gasteiger partial charge in [0, 0.05) is 12.2 Å². The molecule has 1 aliphatic rings. The third-order valence-corrected chi connectivity index (χ3v) is 3.93. The van der Waals surface area contributed by atoms with Gasteiger partial charge in [-0.25, -0.2) is 4.98 Å². The van der Waals surface area contributed by atoms with Gasteiger partial charge in [0.05, 0.1) is 5.69 Å². The van der Waals surface area contributed by atoms with E-state index >= 15 is 0 Å². The second kappa shape index (κ2) is 5.05. The fourth-order valence-electron chi connectivity index (χ4n) is 2.64. The Morgan fingerprint density at radius 3 is 2.62 bits per heavy atom. The van der Waals surface area contributed by atoms with Crippen molar-refractivity contribution >= 4 is 17.3 Å². The van der Waals surface area contributed by atoms with E-state index in [2.05, 4.69) is 24.1 Å². The molecule has 2 rings (SSSR count). The Balaban J connectivity index is 2.11.